The molecule has 0 fully saturated rings. The second-order valence-electron chi connectivity index (χ2n) is 5.70. The topological polar surface area (TPSA) is 69.7 Å². The monoisotopic (exact) mass is 360 g/mol. The van der Waals surface area contributed by atoms with Crippen molar-refractivity contribution in [3.05, 3.63) is 95.6 Å². The number of esters is 2. The quantitative estimate of drug-likeness (QED) is 0.385. The maximum absolute atomic E-state index is 12.4. The summed E-state index contributed by atoms with van der Waals surface area (Å²) in [4.78, 5) is 36.7. The summed E-state index contributed by atoms with van der Waals surface area (Å²) in [5.74, 6) is -1.66. The summed E-state index contributed by atoms with van der Waals surface area (Å²) in [6.45, 7) is 1.35. The zero-order valence-electron chi connectivity index (χ0n) is 14.5. The van der Waals surface area contributed by atoms with E-state index in [-0.39, 0.29) is 22.8 Å². The molecule has 0 aliphatic rings. The van der Waals surface area contributed by atoms with Crippen molar-refractivity contribution in [1.29, 1.82) is 0 Å². The average Bonchev–Trinajstić information content (AvgIpc) is 2.70. The van der Waals surface area contributed by atoms with Crippen molar-refractivity contribution in [2.24, 2.45) is 0 Å². The molecule has 0 aliphatic heterocycles. The average molecular weight is 360 g/mol. The van der Waals surface area contributed by atoms with Gasteiger partial charge in [-0.05, 0) is 43.3 Å². The van der Waals surface area contributed by atoms with Crippen LogP contribution in [0.1, 0.15) is 38.0 Å². The summed E-state index contributed by atoms with van der Waals surface area (Å²) in [5, 5.41) is 0. The number of para-hydroxylation sites is 1. The number of ether oxygens (including phenoxy) is 2. The smallest absolute Gasteiger partial charge is 0.343 e. The Morgan fingerprint density at radius 2 is 1.15 bits per heavy atom. The van der Waals surface area contributed by atoms with Gasteiger partial charge in [-0.15, -0.1) is 0 Å². The van der Waals surface area contributed by atoms with Crippen LogP contribution in [0.4, 0.5) is 0 Å². The Kier molecular flexibility index (Phi) is 5.42. The number of hydrogen-bond donors (Lipinski definition) is 0. The molecule has 0 aliphatic carbocycles. The fraction of sp³-hybridized carbons (Fsp3) is 0.0455. The van der Waals surface area contributed by atoms with Crippen LogP contribution in [0.3, 0.4) is 0 Å². The number of carbonyl (C=O) groups excluding carboxylic acids is 3. The zero-order valence-corrected chi connectivity index (χ0v) is 14.5. The van der Waals surface area contributed by atoms with Crippen molar-refractivity contribution in [2.75, 3.05) is 0 Å². The highest BCUT2D eigenvalue weighted by atomic mass is 16.6. The SMILES string of the molecule is CC(=O)c1cccc(OC(=O)c2ccccc2)c1OC(=O)c1ccccc1. The first-order chi connectivity index (χ1) is 13.1. The molecule has 0 N–H and O–H groups in total. The Bertz CT molecular complexity index is 978. The van der Waals surface area contributed by atoms with E-state index in [1.165, 1.54) is 19.1 Å². The van der Waals surface area contributed by atoms with Crippen molar-refractivity contribution >= 4 is 17.7 Å². The molecule has 0 amide bonds. The van der Waals surface area contributed by atoms with E-state index in [0.717, 1.165) is 0 Å². The van der Waals surface area contributed by atoms with E-state index in [1.54, 1.807) is 66.7 Å². The van der Waals surface area contributed by atoms with Crippen LogP contribution in [0, 0.1) is 0 Å². The number of Topliss-reactive ketones (excluding diaryl/α,β-unsaturated/α-hetero) is 1. The highest BCUT2D eigenvalue weighted by Gasteiger charge is 2.21. The Labute approximate surface area is 156 Å². The van der Waals surface area contributed by atoms with Gasteiger partial charge in [-0.25, -0.2) is 9.59 Å². The van der Waals surface area contributed by atoms with Crippen LogP contribution in [0.2, 0.25) is 0 Å². The summed E-state index contributed by atoms with van der Waals surface area (Å²) in [6.07, 6.45) is 0. The molecule has 0 aromatic heterocycles. The van der Waals surface area contributed by atoms with Crippen LogP contribution >= 0.6 is 0 Å². The summed E-state index contributed by atoms with van der Waals surface area (Å²) >= 11 is 0. The van der Waals surface area contributed by atoms with E-state index in [2.05, 4.69) is 0 Å². The standard InChI is InChI=1S/C22H16O5/c1-15(23)18-13-8-14-19(26-21(24)16-9-4-2-5-10-16)20(18)27-22(25)17-11-6-3-7-12-17/h2-14H,1H3. The van der Waals surface area contributed by atoms with Crippen LogP contribution in [0.5, 0.6) is 11.5 Å². The summed E-state index contributed by atoms with van der Waals surface area (Å²) in [7, 11) is 0. The van der Waals surface area contributed by atoms with Gasteiger partial charge in [-0.1, -0.05) is 42.5 Å². The van der Waals surface area contributed by atoms with Gasteiger partial charge in [0.25, 0.3) is 0 Å². The van der Waals surface area contributed by atoms with Gasteiger partial charge in [0.05, 0.1) is 16.7 Å². The molecule has 3 rings (SSSR count). The third kappa shape index (κ3) is 4.27. The Morgan fingerprint density at radius 3 is 1.67 bits per heavy atom. The second-order valence-corrected chi connectivity index (χ2v) is 5.70. The van der Waals surface area contributed by atoms with Crippen molar-refractivity contribution in [1.82, 2.24) is 0 Å². The van der Waals surface area contributed by atoms with Gasteiger partial charge < -0.3 is 9.47 Å². The molecule has 0 spiro atoms. The van der Waals surface area contributed by atoms with E-state index in [4.69, 9.17) is 9.47 Å². The van der Waals surface area contributed by atoms with Gasteiger partial charge >= 0.3 is 11.9 Å². The van der Waals surface area contributed by atoms with Crippen LogP contribution < -0.4 is 9.47 Å². The van der Waals surface area contributed by atoms with Crippen molar-refractivity contribution in [2.45, 2.75) is 6.92 Å². The van der Waals surface area contributed by atoms with E-state index in [0.29, 0.717) is 11.1 Å². The van der Waals surface area contributed by atoms with Crippen molar-refractivity contribution in [3.8, 4) is 11.5 Å². The summed E-state index contributed by atoms with van der Waals surface area (Å²) < 4.78 is 10.8. The van der Waals surface area contributed by atoms with Gasteiger partial charge in [0.2, 0.25) is 0 Å². The number of benzene rings is 3. The molecule has 5 nitrogen and oxygen atoms in total. The molecule has 0 saturated heterocycles. The van der Waals surface area contributed by atoms with Crippen molar-refractivity contribution < 1.29 is 23.9 Å². The van der Waals surface area contributed by atoms with Crippen LogP contribution in [-0.4, -0.2) is 17.7 Å². The predicted molar refractivity (Wildman–Crippen MR) is 99.2 cm³/mol. The number of rotatable bonds is 5. The Balaban J connectivity index is 1.94. The van der Waals surface area contributed by atoms with E-state index in [9.17, 15) is 14.4 Å². The molecule has 0 bridgehead atoms. The molecular weight excluding hydrogens is 344 g/mol. The molecule has 5 heteroatoms. The molecule has 134 valence electrons. The van der Waals surface area contributed by atoms with E-state index < -0.39 is 11.9 Å². The van der Waals surface area contributed by atoms with Gasteiger partial charge in [0, 0.05) is 0 Å². The predicted octanol–water partition coefficient (Wildman–Crippen LogP) is 4.33. The first-order valence-corrected chi connectivity index (χ1v) is 8.24. The number of ketones is 1. The fourth-order valence-corrected chi connectivity index (χ4v) is 2.44. The molecule has 0 unspecified atom stereocenters. The summed E-state index contributed by atoms with van der Waals surface area (Å²) in [6, 6.07) is 21.3. The molecule has 3 aromatic carbocycles. The third-order valence-electron chi connectivity index (χ3n) is 3.77. The van der Waals surface area contributed by atoms with Gasteiger partial charge in [-0.3, -0.25) is 4.79 Å². The lowest BCUT2D eigenvalue weighted by atomic mass is 10.1. The maximum Gasteiger partial charge on any atom is 0.343 e. The molecule has 3 aromatic rings. The number of carbonyl (C=O) groups is 3. The Hall–Kier alpha value is -3.73. The second kappa shape index (κ2) is 8.10. The lowest BCUT2D eigenvalue weighted by Gasteiger charge is -2.13. The summed E-state index contributed by atoms with van der Waals surface area (Å²) in [5.41, 5.74) is 0.805. The minimum atomic E-state index is -0.652. The van der Waals surface area contributed by atoms with Crippen LogP contribution in [0.15, 0.2) is 78.9 Å². The van der Waals surface area contributed by atoms with Crippen LogP contribution in [0.25, 0.3) is 0 Å². The zero-order chi connectivity index (χ0) is 19.2. The normalized spacial score (nSPS) is 10.1. The first-order valence-electron chi connectivity index (χ1n) is 8.24. The van der Waals surface area contributed by atoms with Gasteiger partial charge in [0.15, 0.2) is 17.3 Å². The molecule has 0 radical (unpaired) electrons. The lowest BCUT2D eigenvalue weighted by Crippen LogP contribution is -2.14. The minimum Gasteiger partial charge on any atom is -0.419 e. The number of hydrogen-bond acceptors (Lipinski definition) is 5. The van der Waals surface area contributed by atoms with E-state index in [1.807, 2.05) is 0 Å². The highest BCUT2D eigenvalue weighted by Crippen LogP contribution is 2.33. The maximum atomic E-state index is 12.4. The largest absolute Gasteiger partial charge is 0.419 e. The van der Waals surface area contributed by atoms with E-state index >= 15 is 0 Å². The lowest BCUT2D eigenvalue weighted by molar-refractivity contribution is 0.0679. The minimum absolute atomic E-state index is 0.000772. The Morgan fingerprint density at radius 1 is 0.630 bits per heavy atom. The fourth-order valence-electron chi connectivity index (χ4n) is 2.44. The highest BCUT2D eigenvalue weighted by molar-refractivity contribution is 6.00. The molecule has 0 atom stereocenters. The first kappa shape index (κ1) is 18.1. The molecule has 27 heavy (non-hydrogen) atoms. The van der Waals surface area contributed by atoms with Gasteiger partial charge in [-0.2, -0.15) is 0 Å². The third-order valence-corrected chi connectivity index (χ3v) is 3.77. The van der Waals surface area contributed by atoms with Crippen LogP contribution in [-0.2, 0) is 0 Å². The molecule has 0 heterocycles. The van der Waals surface area contributed by atoms with Crippen molar-refractivity contribution in [3.63, 3.8) is 0 Å². The molecular formula is C22H16O5. The van der Waals surface area contributed by atoms with Gasteiger partial charge in [0.1, 0.15) is 0 Å². The molecule has 0 saturated carbocycles.